The van der Waals surface area contributed by atoms with Crippen LogP contribution in [0.3, 0.4) is 0 Å². The number of carboxylic acids is 1. The number of aliphatic carboxylic acids is 1. The summed E-state index contributed by atoms with van der Waals surface area (Å²) in [5.74, 6) is -4.82. The van der Waals surface area contributed by atoms with Crippen LogP contribution < -0.4 is 27.4 Å². The van der Waals surface area contributed by atoms with Gasteiger partial charge in [0.2, 0.25) is 23.6 Å². The zero-order valence-electron chi connectivity index (χ0n) is 15.5. The zero-order valence-corrected chi connectivity index (χ0v) is 15.5. The molecule has 160 valence electrons. The van der Waals surface area contributed by atoms with Crippen LogP contribution in [-0.4, -0.2) is 81.8 Å². The summed E-state index contributed by atoms with van der Waals surface area (Å²) < 4.78 is 0. The first kappa shape index (κ1) is 25.2. The molecule has 0 aliphatic heterocycles. The van der Waals surface area contributed by atoms with E-state index in [-0.39, 0.29) is 12.8 Å². The van der Waals surface area contributed by atoms with Crippen molar-refractivity contribution in [1.82, 2.24) is 16.0 Å². The van der Waals surface area contributed by atoms with Crippen LogP contribution in [0.5, 0.6) is 0 Å². The summed E-state index contributed by atoms with van der Waals surface area (Å²) in [4.78, 5) is 57.5. The van der Waals surface area contributed by atoms with Gasteiger partial charge in [0.25, 0.3) is 0 Å². The van der Waals surface area contributed by atoms with Gasteiger partial charge in [-0.25, -0.2) is 4.79 Å². The fourth-order valence-corrected chi connectivity index (χ4v) is 1.94. The van der Waals surface area contributed by atoms with Crippen molar-refractivity contribution >= 4 is 29.6 Å². The third-order valence-electron chi connectivity index (χ3n) is 3.62. The predicted molar refractivity (Wildman–Crippen MR) is 94.3 cm³/mol. The Balaban J connectivity index is 4.75. The number of nitrogens with two attached hydrogens (primary N) is 2. The largest absolute Gasteiger partial charge is 0.480 e. The molecule has 0 radical (unpaired) electrons. The molecular weight excluding hydrogens is 378 g/mol. The average Bonchev–Trinajstić information content (AvgIpc) is 2.59. The smallest absolute Gasteiger partial charge is 0.326 e. The Morgan fingerprint density at radius 1 is 0.964 bits per heavy atom. The van der Waals surface area contributed by atoms with E-state index in [1.54, 1.807) is 0 Å². The summed E-state index contributed by atoms with van der Waals surface area (Å²) in [6.07, 6.45) is -3.04. The van der Waals surface area contributed by atoms with Gasteiger partial charge in [0.15, 0.2) is 0 Å². The van der Waals surface area contributed by atoms with E-state index in [9.17, 15) is 34.2 Å². The zero-order chi connectivity index (χ0) is 22.0. The standard InChI is InChI=1S/C15H27N5O8/c1-6(21)11(17)13(25)20-12(7(2)22)14(26)18-5-10(24)19-8(15(27)28)3-4-9(16)23/h6-8,11-12,21-22H,3-5,17H2,1-2H3,(H2,16,23)(H,18,26)(H,19,24)(H,20,25)(H,27,28). The van der Waals surface area contributed by atoms with Crippen LogP contribution in [0.25, 0.3) is 0 Å². The highest BCUT2D eigenvalue weighted by molar-refractivity contribution is 5.93. The molecule has 5 atom stereocenters. The molecular formula is C15H27N5O8. The molecule has 13 nitrogen and oxygen atoms in total. The van der Waals surface area contributed by atoms with Crippen molar-refractivity contribution < 1.29 is 39.3 Å². The van der Waals surface area contributed by atoms with Crippen molar-refractivity contribution in [3.05, 3.63) is 0 Å². The third kappa shape index (κ3) is 9.25. The molecule has 0 aromatic carbocycles. The van der Waals surface area contributed by atoms with Gasteiger partial charge in [-0.3, -0.25) is 19.2 Å². The van der Waals surface area contributed by atoms with Crippen LogP contribution >= 0.6 is 0 Å². The lowest BCUT2D eigenvalue weighted by Gasteiger charge is -2.23. The van der Waals surface area contributed by atoms with Gasteiger partial charge in [0.05, 0.1) is 18.8 Å². The van der Waals surface area contributed by atoms with E-state index in [0.717, 1.165) is 0 Å². The van der Waals surface area contributed by atoms with Gasteiger partial charge >= 0.3 is 5.97 Å². The summed E-state index contributed by atoms with van der Waals surface area (Å²) in [7, 11) is 0. The van der Waals surface area contributed by atoms with Crippen LogP contribution in [0.1, 0.15) is 26.7 Å². The van der Waals surface area contributed by atoms with Crippen LogP contribution in [-0.2, 0) is 24.0 Å². The second kappa shape index (κ2) is 11.8. The molecule has 13 heteroatoms. The van der Waals surface area contributed by atoms with Crippen molar-refractivity contribution in [2.75, 3.05) is 6.54 Å². The van der Waals surface area contributed by atoms with Crippen LogP contribution in [0, 0.1) is 0 Å². The Hall–Kier alpha value is -2.77. The Labute approximate surface area is 160 Å². The van der Waals surface area contributed by atoms with Crippen LogP contribution in [0.15, 0.2) is 0 Å². The van der Waals surface area contributed by atoms with E-state index < -0.39 is 66.5 Å². The van der Waals surface area contributed by atoms with Crippen molar-refractivity contribution in [1.29, 1.82) is 0 Å². The molecule has 0 aromatic heterocycles. The first-order chi connectivity index (χ1) is 12.9. The number of hydrogen-bond acceptors (Lipinski definition) is 8. The van der Waals surface area contributed by atoms with E-state index in [1.165, 1.54) is 13.8 Å². The maximum atomic E-state index is 12.1. The van der Waals surface area contributed by atoms with E-state index in [1.807, 2.05) is 0 Å². The molecule has 5 unspecified atom stereocenters. The van der Waals surface area contributed by atoms with Crippen LogP contribution in [0.2, 0.25) is 0 Å². The van der Waals surface area contributed by atoms with E-state index >= 15 is 0 Å². The minimum absolute atomic E-state index is 0.228. The number of carbonyl (C=O) groups is 5. The molecule has 0 aliphatic rings. The predicted octanol–water partition coefficient (Wildman–Crippen LogP) is -4.49. The second-order valence-electron chi connectivity index (χ2n) is 6.17. The lowest BCUT2D eigenvalue weighted by molar-refractivity contribution is -0.142. The van der Waals surface area contributed by atoms with Crippen molar-refractivity contribution in [2.45, 2.75) is 57.0 Å². The molecule has 28 heavy (non-hydrogen) atoms. The molecule has 0 saturated carbocycles. The Bertz CT molecular complexity index is 595. The number of aliphatic hydroxyl groups excluding tert-OH is 2. The van der Waals surface area contributed by atoms with Gasteiger partial charge in [-0.1, -0.05) is 0 Å². The quantitative estimate of drug-likeness (QED) is 0.156. The van der Waals surface area contributed by atoms with Gasteiger partial charge in [0.1, 0.15) is 18.1 Å². The van der Waals surface area contributed by atoms with Gasteiger partial charge in [-0.05, 0) is 20.3 Å². The normalized spacial score (nSPS) is 16.0. The monoisotopic (exact) mass is 405 g/mol. The molecule has 10 N–H and O–H groups in total. The maximum Gasteiger partial charge on any atom is 0.326 e. The summed E-state index contributed by atoms with van der Waals surface area (Å²) in [6, 6.07) is -4.18. The lowest BCUT2D eigenvalue weighted by Crippen LogP contribution is -2.58. The van der Waals surface area contributed by atoms with Gasteiger partial charge in [-0.15, -0.1) is 0 Å². The van der Waals surface area contributed by atoms with Gasteiger partial charge in [0, 0.05) is 6.42 Å². The van der Waals surface area contributed by atoms with E-state index in [2.05, 4.69) is 16.0 Å². The molecule has 0 spiro atoms. The van der Waals surface area contributed by atoms with E-state index in [4.69, 9.17) is 16.6 Å². The number of aliphatic hydroxyl groups is 2. The molecule has 0 saturated heterocycles. The first-order valence-corrected chi connectivity index (χ1v) is 8.37. The highest BCUT2D eigenvalue weighted by Gasteiger charge is 2.29. The SMILES string of the molecule is CC(O)C(N)C(=O)NC(C(=O)NCC(=O)NC(CCC(N)=O)C(=O)O)C(C)O. The molecule has 0 aliphatic carbocycles. The highest BCUT2D eigenvalue weighted by Crippen LogP contribution is 1.98. The number of primary amides is 1. The minimum Gasteiger partial charge on any atom is -0.480 e. The summed E-state index contributed by atoms with van der Waals surface area (Å²) in [5, 5.41) is 34.3. The Morgan fingerprint density at radius 3 is 1.96 bits per heavy atom. The number of amides is 4. The molecule has 0 bridgehead atoms. The highest BCUT2D eigenvalue weighted by atomic mass is 16.4. The summed E-state index contributed by atoms with van der Waals surface area (Å²) >= 11 is 0. The molecule has 0 fully saturated rings. The Kier molecular flexibility index (Phi) is 10.7. The second-order valence-corrected chi connectivity index (χ2v) is 6.17. The fourth-order valence-electron chi connectivity index (χ4n) is 1.94. The minimum atomic E-state index is -1.46. The topological polar surface area (TPSA) is 234 Å². The van der Waals surface area contributed by atoms with Crippen LogP contribution in [0.4, 0.5) is 0 Å². The fraction of sp³-hybridized carbons (Fsp3) is 0.667. The maximum absolute atomic E-state index is 12.1. The number of rotatable bonds is 12. The average molecular weight is 405 g/mol. The third-order valence-corrected chi connectivity index (χ3v) is 3.62. The number of hydrogen-bond donors (Lipinski definition) is 8. The van der Waals surface area contributed by atoms with Crippen molar-refractivity contribution in [2.24, 2.45) is 11.5 Å². The molecule has 0 rings (SSSR count). The molecule has 4 amide bonds. The number of carbonyl (C=O) groups excluding carboxylic acids is 4. The first-order valence-electron chi connectivity index (χ1n) is 8.37. The van der Waals surface area contributed by atoms with Gasteiger partial charge in [-0.2, -0.15) is 0 Å². The summed E-state index contributed by atoms with van der Waals surface area (Å²) in [5.41, 5.74) is 10.4. The van der Waals surface area contributed by atoms with Crippen molar-refractivity contribution in [3.63, 3.8) is 0 Å². The number of nitrogens with one attached hydrogen (secondary N) is 3. The van der Waals surface area contributed by atoms with Gasteiger partial charge < -0.3 is 42.7 Å². The van der Waals surface area contributed by atoms with Crippen molar-refractivity contribution in [3.8, 4) is 0 Å². The molecule has 0 aromatic rings. The number of carboxylic acid groups (broad SMARTS) is 1. The van der Waals surface area contributed by atoms with E-state index in [0.29, 0.717) is 0 Å². The Morgan fingerprint density at radius 2 is 1.54 bits per heavy atom. The lowest BCUT2D eigenvalue weighted by atomic mass is 10.1. The summed E-state index contributed by atoms with van der Waals surface area (Å²) in [6.45, 7) is 1.83. The molecule has 0 heterocycles.